The van der Waals surface area contributed by atoms with Gasteiger partial charge in [-0.3, -0.25) is 9.48 Å². The fourth-order valence-electron chi connectivity index (χ4n) is 1.24. The molecule has 1 amide bonds. The van der Waals surface area contributed by atoms with Crippen molar-refractivity contribution in [1.82, 2.24) is 9.78 Å². The van der Waals surface area contributed by atoms with E-state index in [-0.39, 0.29) is 11.9 Å². The van der Waals surface area contributed by atoms with Crippen molar-refractivity contribution in [1.29, 1.82) is 0 Å². The molecule has 0 spiro atoms. The van der Waals surface area contributed by atoms with Gasteiger partial charge in [0.05, 0.1) is 0 Å². The Morgan fingerprint density at radius 1 is 1.79 bits per heavy atom. The first kappa shape index (κ1) is 10.6. The van der Waals surface area contributed by atoms with Crippen molar-refractivity contribution >= 4 is 11.7 Å². The van der Waals surface area contributed by atoms with Gasteiger partial charge in [-0.15, -0.1) is 0 Å². The second-order valence-corrected chi connectivity index (χ2v) is 3.51. The zero-order chi connectivity index (χ0) is 10.7. The molecule has 0 aliphatic rings. The molecular formula is C9H16N4O. The third kappa shape index (κ3) is 2.76. The normalized spacial score (nSPS) is 12.5. The lowest BCUT2D eigenvalue weighted by atomic mass is 10.2. The summed E-state index contributed by atoms with van der Waals surface area (Å²) < 4.78 is 1.78. The Hall–Kier alpha value is -1.52. The van der Waals surface area contributed by atoms with E-state index in [0.717, 1.165) is 11.5 Å². The third-order valence-corrected chi connectivity index (χ3v) is 2.02. The molecule has 1 atom stereocenters. The maximum Gasteiger partial charge on any atom is 0.219 e. The molecule has 1 rings (SSSR count). The van der Waals surface area contributed by atoms with Gasteiger partial charge in [0, 0.05) is 31.3 Å². The van der Waals surface area contributed by atoms with Gasteiger partial charge in [-0.2, -0.15) is 5.10 Å². The van der Waals surface area contributed by atoms with Crippen LogP contribution in [0.15, 0.2) is 6.07 Å². The molecule has 78 valence electrons. The summed E-state index contributed by atoms with van der Waals surface area (Å²) in [6.07, 6.45) is 0.315. The van der Waals surface area contributed by atoms with E-state index < -0.39 is 0 Å². The Morgan fingerprint density at radius 2 is 2.43 bits per heavy atom. The predicted octanol–water partition coefficient (Wildman–Crippen LogP) is 0.404. The predicted molar refractivity (Wildman–Crippen MR) is 54.8 cm³/mol. The summed E-state index contributed by atoms with van der Waals surface area (Å²) in [6.45, 7) is 3.87. The molecule has 0 radical (unpaired) electrons. The molecule has 5 nitrogen and oxygen atoms in total. The number of carbonyl (C=O) groups excluding carboxylic acids is 1. The molecule has 0 aromatic carbocycles. The smallest absolute Gasteiger partial charge is 0.219 e. The number of nitrogens with zero attached hydrogens (tertiary/aromatic N) is 2. The quantitative estimate of drug-likeness (QED) is 0.732. The van der Waals surface area contributed by atoms with Crippen LogP contribution in [0.3, 0.4) is 0 Å². The van der Waals surface area contributed by atoms with Crippen molar-refractivity contribution in [3.63, 3.8) is 0 Å². The van der Waals surface area contributed by atoms with Crippen LogP contribution in [0.1, 0.15) is 19.0 Å². The van der Waals surface area contributed by atoms with E-state index in [1.54, 1.807) is 4.68 Å². The van der Waals surface area contributed by atoms with Crippen molar-refractivity contribution in [3.8, 4) is 0 Å². The average Bonchev–Trinajstić information content (AvgIpc) is 2.28. The number of aromatic nitrogens is 2. The maximum absolute atomic E-state index is 10.6. The third-order valence-electron chi connectivity index (χ3n) is 2.02. The Balaban J connectivity index is 2.56. The molecule has 1 heterocycles. The zero-order valence-electron chi connectivity index (χ0n) is 8.74. The lowest BCUT2D eigenvalue weighted by molar-refractivity contribution is -0.118. The number of nitrogens with two attached hydrogens (primary N) is 1. The van der Waals surface area contributed by atoms with Crippen LogP contribution in [0.25, 0.3) is 0 Å². The maximum atomic E-state index is 10.6. The molecule has 14 heavy (non-hydrogen) atoms. The van der Waals surface area contributed by atoms with Crippen molar-refractivity contribution < 1.29 is 4.79 Å². The van der Waals surface area contributed by atoms with Crippen molar-refractivity contribution in [2.45, 2.75) is 26.3 Å². The molecule has 0 fully saturated rings. The number of carbonyl (C=O) groups is 1. The Labute approximate surface area is 83.3 Å². The van der Waals surface area contributed by atoms with Crippen LogP contribution >= 0.6 is 0 Å². The fourth-order valence-corrected chi connectivity index (χ4v) is 1.24. The van der Waals surface area contributed by atoms with E-state index in [1.807, 2.05) is 27.0 Å². The van der Waals surface area contributed by atoms with Crippen LogP contribution in [0.5, 0.6) is 0 Å². The van der Waals surface area contributed by atoms with Crippen molar-refractivity contribution in [3.05, 3.63) is 11.8 Å². The highest BCUT2D eigenvalue weighted by Gasteiger charge is 2.07. The van der Waals surface area contributed by atoms with Crippen LogP contribution in [0, 0.1) is 6.92 Å². The first-order valence-electron chi connectivity index (χ1n) is 4.54. The Bertz CT molecular complexity index is 312. The molecule has 0 bridgehead atoms. The number of aryl methyl sites for hydroxylation is 2. The highest BCUT2D eigenvalue weighted by atomic mass is 16.1. The lowest BCUT2D eigenvalue weighted by Crippen LogP contribution is -2.24. The van der Waals surface area contributed by atoms with Gasteiger partial charge in [0.2, 0.25) is 5.91 Å². The van der Waals surface area contributed by atoms with E-state index in [1.165, 1.54) is 0 Å². The van der Waals surface area contributed by atoms with Crippen molar-refractivity contribution in [2.75, 3.05) is 5.32 Å². The van der Waals surface area contributed by atoms with Crippen LogP contribution in [-0.2, 0) is 11.8 Å². The van der Waals surface area contributed by atoms with Gasteiger partial charge in [-0.1, -0.05) is 0 Å². The number of primary amides is 1. The number of anilines is 1. The molecule has 1 aromatic heterocycles. The summed E-state index contributed by atoms with van der Waals surface area (Å²) >= 11 is 0. The second kappa shape index (κ2) is 4.13. The summed E-state index contributed by atoms with van der Waals surface area (Å²) in [4.78, 5) is 10.6. The summed E-state index contributed by atoms with van der Waals surface area (Å²) in [5.41, 5.74) is 6.15. The highest BCUT2D eigenvalue weighted by Crippen LogP contribution is 2.09. The van der Waals surface area contributed by atoms with Gasteiger partial charge in [0.15, 0.2) is 0 Å². The van der Waals surface area contributed by atoms with E-state index >= 15 is 0 Å². The average molecular weight is 196 g/mol. The van der Waals surface area contributed by atoms with Crippen LogP contribution in [-0.4, -0.2) is 21.7 Å². The van der Waals surface area contributed by atoms with Crippen molar-refractivity contribution in [2.24, 2.45) is 12.8 Å². The minimum Gasteiger partial charge on any atom is -0.370 e. The second-order valence-electron chi connectivity index (χ2n) is 3.51. The highest BCUT2D eigenvalue weighted by molar-refractivity contribution is 5.74. The van der Waals surface area contributed by atoms with Gasteiger partial charge in [0.1, 0.15) is 5.82 Å². The van der Waals surface area contributed by atoms with Gasteiger partial charge in [0.25, 0.3) is 0 Å². The molecule has 3 N–H and O–H groups in total. The first-order chi connectivity index (χ1) is 6.49. The van der Waals surface area contributed by atoms with Gasteiger partial charge < -0.3 is 11.1 Å². The molecule has 0 aliphatic carbocycles. The summed E-state index contributed by atoms with van der Waals surface area (Å²) in [5.74, 6) is 0.469. The van der Waals surface area contributed by atoms with E-state index in [9.17, 15) is 4.79 Å². The number of hydrogen-bond donors (Lipinski definition) is 2. The monoisotopic (exact) mass is 196 g/mol. The lowest BCUT2D eigenvalue weighted by Gasteiger charge is -2.09. The number of amides is 1. The molecule has 1 aromatic rings. The molecule has 0 saturated heterocycles. The number of rotatable bonds is 4. The summed E-state index contributed by atoms with van der Waals surface area (Å²) in [5, 5.41) is 7.31. The number of hydrogen-bond acceptors (Lipinski definition) is 3. The van der Waals surface area contributed by atoms with Crippen LogP contribution in [0.2, 0.25) is 0 Å². The largest absolute Gasteiger partial charge is 0.370 e. The van der Waals surface area contributed by atoms with Crippen LogP contribution in [0.4, 0.5) is 5.82 Å². The minimum atomic E-state index is -0.308. The fraction of sp³-hybridized carbons (Fsp3) is 0.556. The summed E-state index contributed by atoms with van der Waals surface area (Å²) in [6, 6.07) is 1.94. The van der Waals surface area contributed by atoms with E-state index in [4.69, 9.17) is 5.73 Å². The Morgan fingerprint density at radius 3 is 2.86 bits per heavy atom. The standard InChI is InChI=1S/C9H16N4O/c1-6(4-8(10)14)11-9-5-7(2)13(3)12-9/h5-6H,4H2,1-3H3,(H2,10,14)(H,11,12). The topological polar surface area (TPSA) is 72.9 Å². The van der Waals surface area contributed by atoms with E-state index in [0.29, 0.717) is 6.42 Å². The van der Waals surface area contributed by atoms with Gasteiger partial charge in [-0.05, 0) is 13.8 Å². The SMILES string of the molecule is Cc1cc(NC(C)CC(N)=O)nn1C. The van der Waals surface area contributed by atoms with Gasteiger partial charge in [-0.25, -0.2) is 0 Å². The number of nitrogens with one attached hydrogen (secondary N) is 1. The molecule has 0 saturated carbocycles. The zero-order valence-corrected chi connectivity index (χ0v) is 8.74. The molecule has 1 unspecified atom stereocenters. The van der Waals surface area contributed by atoms with E-state index in [2.05, 4.69) is 10.4 Å². The molecule has 0 aliphatic heterocycles. The Kier molecular flexibility index (Phi) is 3.11. The molecule has 5 heteroatoms. The first-order valence-corrected chi connectivity index (χ1v) is 4.54. The summed E-state index contributed by atoms with van der Waals surface area (Å²) in [7, 11) is 1.87. The molecular weight excluding hydrogens is 180 g/mol. The van der Waals surface area contributed by atoms with Crippen LogP contribution < -0.4 is 11.1 Å². The van der Waals surface area contributed by atoms with Gasteiger partial charge >= 0.3 is 0 Å². The minimum absolute atomic E-state index is 0.0156.